The zero-order valence-electron chi connectivity index (χ0n) is 12.1. The van der Waals surface area contributed by atoms with E-state index in [4.69, 9.17) is 14.6 Å². The third kappa shape index (κ3) is 3.22. The van der Waals surface area contributed by atoms with Crippen molar-refractivity contribution in [2.45, 2.75) is 4.90 Å². The van der Waals surface area contributed by atoms with Crippen molar-refractivity contribution >= 4 is 21.1 Å². The number of fused-ring (bicyclic) bond motifs is 1. The lowest BCUT2D eigenvalue weighted by atomic mass is 10.2. The number of nitrogens with zero attached hydrogens (tertiary/aromatic N) is 2. The molecule has 0 aliphatic heterocycles. The Bertz CT molecular complexity index is 956. The Hall–Kier alpha value is -2.71. The molecule has 0 unspecified atom stereocenters. The van der Waals surface area contributed by atoms with E-state index in [2.05, 4.69) is 9.97 Å². The molecule has 0 saturated carbocycles. The van der Waals surface area contributed by atoms with E-state index < -0.39 is 10.0 Å². The van der Waals surface area contributed by atoms with Crippen molar-refractivity contribution in [1.82, 2.24) is 9.97 Å². The highest BCUT2D eigenvalue weighted by Gasteiger charge is 2.09. The van der Waals surface area contributed by atoms with Crippen LogP contribution < -0.4 is 14.6 Å². The van der Waals surface area contributed by atoms with Crippen LogP contribution >= 0.6 is 0 Å². The van der Waals surface area contributed by atoms with Gasteiger partial charge in [-0.3, -0.25) is 0 Å². The maximum Gasteiger partial charge on any atom is 0.238 e. The number of nitrogens with two attached hydrogens (primary N) is 1. The number of pyridine rings is 2. The van der Waals surface area contributed by atoms with Crippen LogP contribution in [-0.4, -0.2) is 25.5 Å². The van der Waals surface area contributed by atoms with Crippen LogP contribution in [0.25, 0.3) is 11.0 Å². The van der Waals surface area contributed by atoms with Crippen LogP contribution in [0.3, 0.4) is 0 Å². The van der Waals surface area contributed by atoms with Crippen LogP contribution in [-0.2, 0) is 10.0 Å². The number of sulfonamides is 1. The molecule has 0 bridgehead atoms. The zero-order valence-corrected chi connectivity index (χ0v) is 12.9. The molecule has 0 aliphatic rings. The van der Waals surface area contributed by atoms with Gasteiger partial charge in [-0.1, -0.05) is 0 Å². The predicted octanol–water partition coefficient (Wildman–Crippen LogP) is 2.08. The summed E-state index contributed by atoms with van der Waals surface area (Å²) in [5.74, 6) is 1.48. The summed E-state index contributed by atoms with van der Waals surface area (Å²) in [4.78, 5) is 8.43. The molecule has 0 aliphatic carbocycles. The van der Waals surface area contributed by atoms with Crippen molar-refractivity contribution in [1.29, 1.82) is 0 Å². The molecule has 0 fully saturated rings. The average Bonchev–Trinajstić information content (AvgIpc) is 2.54. The quantitative estimate of drug-likeness (QED) is 0.785. The monoisotopic (exact) mass is 331 g/mol. The second kappa shape index (κ2) is 5.82. The number of aromatic nitrogens is 2. The summed E-state index contributed by atoms with van der Waals surface area (Å²) in [7, 11) is -2.19. The molecule has 1 aromatic carbocycles. The smallest absolute Gasteiger partial charge is 0.238 e. The third-order valence-electron chi connectivity index (χ3n) is 3.13. The molecule has 3 rings (SSSR count). The molecule has 8 heteroatoms. The molecule has 2 heterocycles. The van der Waals surface area contributed by atoms with Gasteiger partial charge in [0.15, 0.2) is 5.65 Å². The molecule has 2 aromatic heterocycles. The number of primary sulfonamides is 1. The molecule has 2 N–H and O–H groups in total. The van der Waals surface area contributed by atoms with Crippen LogP contribution in [0.15, 0.2) is 53.6 Å². The van der Waals surface area contributed by atoms with E-state index in [1.165, 1.54) is 31.4 Å². The van der Waals surface area contributed by atoms with Crippen molar-refractivity contribution in [2.75, 3.05) is 7.11 Å². The van der Waals surface area contributed by atoms with Gasteiger partial charge < -0.3 is 9.47 Å². The minimum atomic E-state index is -3.72. The Kier molecular flexibility index (Phi) is 3.85. The average molecular weight is 331 g/mol. The first kappa shape index (κ1) is 15.2. The van der Waals surface area contributed by atoms with E-state index in [9.17, 15) is 8.42 Å². The second-order valence-corrected chi connectivity index (χ2v) is 6.21. The van der Waals surface area contributed by atoms with E-state index in [0.29, 0.717) is 28.4 Å². The van der Waals surface area contributed by atoms with E-state index in [0.717, 1.165) is 0 Å². The summed E-state index contributed by atoms with van der Waals surface area (Å²) < 4.78 is 33.3. The molecular formula is C15H13N3O4S. The maximum absolute atomic E-state index is 11.2. The Morgan fingerprint density at radius 3 is 2.43 bits per heavy atom. The number of hydrogen-bond acceptors (Lipinski definition) is 6. The van der Waals surface area contributed by atoms with Gasteiger partial charge in [0.05, 0.1) is 17.4 Å². The van der Waals surface area contributed by atoms with Crippen molar-refractivity contribution in [3.63, 3.8) is 0 Å². The van der Waals surface area contributed by atoms with Crippen molar-refractivity contribution in [3.8, 4) is 17.4 Å². The van der Waals surface area contributed by atoms with Gasteiger partial charge in [-0.2, -0.15) is 4.98 Å². The molecule has 7 nitrogen and oxygen atoms in total. The first-order chi connectivity index (χ1) is 11.0. The zero-order chi connectivity index (χ0) is 16.4. The van der Waals surface area contributed by atoms with Gasteiger partial charge in [0.2, 0.25) is 15.9 Å². The molecular weight excluding hydrogens is 318 g/mol. The highest BCUT2D eigenvalue weighted by Crippen LogP contribution is 2.29. The summed E-state index contributed by atoms with van der Waals surface area (Å²) >= 11 is 0. The molecule has 3 aromatic rings. The molecule has 0 spiro atoms. The lowest BCUT2D eigenvalue weighted by Gasteiger charge is -2.09. The van der Waals surface area contributed by atoms with Crippen LogP contribution in [0.5, 0.6) is 17.4 Å². The molecule has 0 saturated heterocycles. The fourth-order valence-electron chi connectivity index (χ4n) is 2.01. The topological polar surface area (TPSA) is 104 Å². The minimum Gasteiger partial charge on any atom is -0.481 e. The molecule has 0 amide bonds. The van der Waals surface area contributed by atoms with E-state index in [1.807, 2.05) is 0 Å². The highest BCUT2D eigenvalue weighted by atomic mass is 32.2. The Labute approximate surface area is 132 Å². The first-order valence-corrected chi connectivity index (χ1v) is 8.12. The lowest BCUT2D eigenvalue weighted by molar-refractivity contribution is 0.399. The van der Waals surface area contributed by atoms with Gasteiger partial charge in [-0.05, 0) is 36.4 Å². The van der Waals surface area contributed by atoms with Crippen molar-refractivity contribution in [3.05, 3.63) is 48.7 Å². The summed E-state index contributed by atoms with van der Waals surface area (Å²) in [6.45, 7) is 0. The predicted molar refractivity (Wildman–Crippen MR) is 84.0 cm³/mol. The van der Waals surface area contributed by atoms with Gasteiger partial charge in [0, 0.05) is 12.3 Å². The largest absolute Gasteiger partial charge is 0.481 e. The van der Waals surface area contributed by atoms with Crippen molar-refractivity contribution < 1.29 is 17.9 Å². The van der Waals surface area contributed by atoms with Gasteiger partial charge in [-0.25, -0.2) is 18.5 Å². The normalized spacial score (nSPS) is 11.4. The fourth-order valence-corrected chi connectivity index (χ4v) is 2.53. The first-order valence-electron chi connectivity index (χ1n) is 6.58. The molecule has 0 atom stereocenters. The van der Waals surface area contributed by atoms with Gasteiger partial charge >= 0.3 is 0 Å². The molecule has 0 radical (unpaired) electrons. The van der Waals surface area contributed by atoms with Gasteiger partial charge in [0.1, 0.15) is 11.5 Å². The van der Waals surface area contributed by atoms with Gasteiger partial charge in [-0.15, -0.1) is 0 Å². The van der Waals surface area contributed by atoms with E-state index in [-0.39, 0.29) is 4.90 Å². The fraction of sp³-hybridized carbons (Fsp3) is 0.0667. The Morgan fingerprint density at radius 2 is 1.78 bits per heavy atom. The maximum atomic E-state index is 11.2. The van der Waals surface area contributed by atoms with E-state index >= 15 is 0 Å². The third-order valence-corrected chi connectivity index (χ3v) is 4.06. The number of methoxy groups -OCH3 is 1. The number of ether oxygens (including phenoxy) is 2. The number of benzene rings is 1. The van der Waals surface area contributed by atoms with Crippen LogP contribution in [0.4, 0.5) is 0 Å². The lowest BCUT2D eigenvalue weighted by Crippen LogP contribution is -2.11. The number of hydrogen-bond donors (Lipinski definition) is 1. The Morgan fingerprint density at radius 1 is 1.04 bits per heavy atom. The standard InChI is InChI=1S/C15H13N3O4S/c1-21-14-7-6-12-13(8-9-17-15(12)18-14)22-10-2-4-11(5-3-10)23(16,19)20/h2-9H,1H3,(H2,16,19,20). The summed E-state index contributed by atoms with van der Waals surface area (Å²) in [5, 5.41) is 5.78. The highest BCUT2D eigenvalue weighted by molar-refractivity contribution is 7.89. The minimum absolute atomic E-state index is 0.0239. The molecule has 23 heavy (non-hydrogen) atoms. The van der Waals surface area contributed by atoms with Crippen LogP contribution in [0.1, 0.15) is 0 Å². The van der Waals surface area contributed by atoms with Crippen LogP contribution in [0.2, 0.25) is 0 Å². The summed E-state index contributed by atoms with van der Waals surface area (Å²) in [6.07, 6.45) is 1.57. The number of rotatable bonds is 4. The van der Waals surface area contributed by atoms with Crippen LogP contribution in [0, 0.1) is 0 Å². The Balaban J connectivity index is 1.95. The summed E-state index contributed by atoms with van der Waals surface area (Å²) in [5.41, 5.74) is 0.489. The SMILES string of the molecule is COc1ccc2c(Oc3ccc(S(N)(=O)=O)cc3)ccnc2n1. The van der Waals surface area contributed by atoms with E-state index in [1.54, 1.807) is 24.4 Å². The second-order valence-electron chi connectivity index (χ2n) is 4.65. The summed E-state index contributed by atoms with van der Waals surface area (Å²) in [6, 6.07) is 11.0. The molecule has 118 valence electrons. The van der Waals surface area contributed by atoms with Crippen molar-refractivity contribution in [2.24, 2.45) is 5.14 Å². The van der Waals surface area contributed by atoms with Gasteiger partial charge in [0.25, 0.3) is 0 Å².